The van der Waals surface area contributed by atoms with Crippen LogP contribution in [0.1, 0.15) is 116 Å². The molecule has 2 rings (SSSR count). The number of carbonyl (C=O) groups excluding carboxylic acids is 2. The first-order valence-corrected chi connectivity index (χ1v) is 17.2. The number of hydrogen-bond donors (Lipinski definition) is 2. The largest absolute Gasteiger partial charge is 0.326 e. The highest BCUT2D eigenvalue weighted by Crippen LogP contribution is 2.18. The molecule has 0 heterocycles. The van der Waals surface area contributed by atoms with Crippen molar-refractivity contribution in [1.29, 1.82) is 0 Å². The Bertz CT molecular complexity index is 943. The number of rotatable bonds is 24. The molecule has 6 nitrogen and oxygen atoms in total. The molecule has 2 N–H and O–H groups in total. The van der Waals surface area contributed by atoms with Crippen LogP contribution in [-0.4, -0.2) is 60.9 Å². The predicted octanol–water partition coefficient (Wildman–Crippen LogP) is 8.52. The number of amides is 2. The van der Waals surface area contributed by atoms with E-state index in [9.17, 15) is 9.59 Å². The number of unbranched alkanes of at least 4 members (excludes halogenated alkanes) is 4. The van der Waals surface area contributed by atoms with E-state index in [0.29, 0.717) is 12.8 Å². The first-order chi connectivity index (χ1) is 21.0. The van der Waals surface area contributed by atoms with Crippen molar-refractivity contribution >= 4 is 23.2 Å². The van der Waals surface area contributed by atoms with E-state index in [0.717, 1.165) is 81.0 Å². The molecule has 0 spiro atoms. The fourth-order valence-electron chi connectivity index (χ4n) is 5.32. The quantitative estimate of drug-likeness (QED) is 0.128. The van der Waals surface area contributed by atoms with Crippen molar-refractivity contribution in [1.82, 2.24) is 9.80 Å². The fourth-order valence-corrected chi connectivity index (χ4v) is 5.32. The van der Waals surface area contributed by atoms with E-state index in [1.807, 2.05) is 24.3 Å². The Labute approximate surface area is 263 Å². The Morgan fingerprint density at radius 2 is 0.884 bits per heavy atom. The zero-order chi connectivity index (χ0) is 31.1. The average Bonchev–Trinajstić information content (AvgIpc) is 2.99. The molecule has 2 aromatic carbocycles. The molecule has 0 saturated carbocycles. The van der Waals surface area contributed by atoms with Crippen LogP contribution in [0.15, 0.2) is 48.5 Å². The Hall–Kier alpha value is -2.70. The SMILES string of the molecule is CCCCN(CCCC)CCCC(=O)Nc1cccc(Cc2cccc(NC(=O)CCCN(CCCC)CCCC)c2)c1. The van der Waals surface area contributed by atoms with E-state index < -0.39 is 0 Å². The third kappa shape index (κ3) is 16.7. The van der Waals surface area contributed by atoms with Gasteiger partial charge in [-0.3, -0.25) is 9.59 Å². The van der Waals surface area contributed by atoms with E-state index in [1.54, 1.807) is 0 Å². The molecule has 240 valence electrons. The first kappa shape index (κ1) is 36.5. The molecule has 0 radical (unpaired) electrons. The van der Waals surface area contributed by atoms with Gasteiger partial charge in [-0.1, -0.05) is 77.6 Å². The van der Waals surface area contributed by atoms with Gasteiger partial charge in [0.05, 0.1) is 0 Å². The van der Waals surface area contributed by atoms with Crippen molar-refractivity contribution in [3.8, 4) is 0 Å². The van der Waals surface area contributed by atoms with Crippen molar-refractivity contribution < 1.29 is 9.59 Å². The second-order valence-corrected chi connectivity index (χ2v) is 12.0. The van der Waals surface area contributed by atoms with Crippen LogP contribution in [0.5, 0.6) is 0 Å². The Morgan fingerprint density at radius 3 is 1.23 bits per heavy atom. The van der Waals surface area contributed by atoms with E-state index in [4.69, 9.17) is 0 Å². The summed E-state index contributed by atoms with van der Waals surface area (Å²) in [4.78, 5) is 30.4. The monoisotopic (exact) mass is 592 g/mol. The molecule has 0 aromatic heterocycles. The van der Waals surface area contributed by atoms with Gasteiger partial charge in [0, 0.05) is 24.2 Å². The molecule has 2 amide bonds. The zero-order valence-electron chi connectivity index (χ0n) is 27.8. The summed E-state index contributed by atoms with van der Waals surface area (Å²) in [5, 5.41) is 6.19. The molecule has 43 heavy (non-hydrogen) atoms. The molecule has 0 fully saturated rings. The topological polar surface area (TPSA) is 64.7 Å². The summed E-state index contributed by atoms with van der Waals surface area (Å²) in [6.07, 6.45) is 13.3. The maximum absolute atomic E-state index is 12.7. The van der Waals surface area contributed by atoms with Crippen molar-refractivity contribution in [2.24, 2.45) is 0 Å². The summed E-state index contributed by atoms with van der Waals surface area (Å²) in [6.45, 7) is 15.4. The summed E-state index contributed by atoms with van der Waals surface area (Å²) in [5.74, 6) is 0.151. The number of carbonyl (C=O) groups is 2. The zero-order valence-corrected chi connectivity index (χ0v) is 27.8. The summed E-state index contributed by atoms with van der Waals surface area (Å²) in [5.41, 5.74) is 3.94. The minimum atomic E-state index is 0.0756. The van der Waals surface area contributed by atoms with Gasteiger partial charge >= 0.3 is 0 Å². The molecule has 6 heteroatoms. The second-order valence-electron chi connectivity index (χ2n) is 12.0. The highest BCUT2D eigenvalue weighted by Gasteiger charge is 2.10. The van der Waals surface area contributed by atoms with E-state index in [2.05, 4.69) is 72.4 Å². The van der Waals surface area contributed by atoms with Crippen molar-refractivity contribution in [2.75, 3.05) is 49.9 Å². The van der Waals surface area contributed by atoms with Crippen LogP contribution in [0.2, 0.25) is 0 Å². The minimum absolute atomic E-state index is 0.0756. The third-order valence-corrected chi connectivity index (χ3v) is 7.90. The molecule has 0 atom stereocenters. The predicted molar refractivity (Wildman–Crippen MR) is 184 cm³/mol. The number of anilines is 2. The molecule has 2 aromatic rings. The average molecular weight is 593 g/mol. The van der Waals surface area contributed by atoms with E-state index in [1.165, 1.54) is 51.4 Å². The third-order valence-electron chi connectivity index (χ3n) is 7.90. The van der Waals surface area contributed by atoms with Gasteiger partial charge in [0.25, 0.3) is 0 Å². The standard InChI is InChI=1S/C37H60N4O2/c1-5-9-23-40(24-10-6-2)27-15-21-36(42)38-34-19-13-17-32(30-34)29-33-18-14-20-35(31-33)39-37(43)22-16-28-41(25-11-7-3)26-12-8-4/h13-14,17-20,30-31H,5-12,15-16,21-29H2,1-4H3,(H,38,42)(H,39,43). The van der Waals surface area contributed by atoms with E-state index >= 15 is 0 Å². The lowest BCUT2D eigenvalue weighted by atomic mass is 10.0. The number of hydrogen-bond acceptors (Lipinski definition) is 4. The van der Waals surface area contributed by atoms with Crippen LogP contribution in [-0.2, 0) is 16.0 Å². The van der Waals surface area contributed by atoms with Crippen molar-refractivity contribution in [3.63, 3.8) is 0 Å². The van der Waals surface area contributed by atoms with Gasteiger partial charge in [-0.2, -0.15) is 0 Å². The molecule has 0 aliphatic heterocycles. The Kier molecular flexibility index (Phi) is 19.3. The minimum Gasteiger partial charge on any atom is -0.326 e. The van der Waals surface area contributed by atoms with Gasteiger partial charge in [0.2, 0.25) is 11.8 Å². The fraction of sp³-hybridized carbons (Fsp3) is 0.622. The van der Waals surface area contributed by atoms with Crippen LogP contribution in [0.25, 0.3) is 0 Å². The van der Waals surface area contributed by atoms with Gasteiger partial charge in [-0.05, 0) is 120 Å². The van der Waals surface area contributed by atoms with Gasteiger partial charge < -0.3 is 20.4 Å². The normalized spacial score (nSPS) is 11.3. The molecule has 0 unspecified atom stereocenters. The lowest BCUT2D eigenvalue weighted by Crippen LogP contribution is -2.28. The van der Waals surface area contributed by atoms with Gasteiger partial charge in [0.15, 0.2) is 0 Å². The van der Waals surface area contributed by atoms with Gasteiger partial charge in [-0.15, -0.1) is 0 Å². The number of nitrogens with one attached hydrogen (secondary N) is 2. The molecule has 0 aliphatic carbocycles. The molecule has 0 aliphatic rings. The summed E-state index contributed by atoms with van der Waals surface area (Å²) in [7, 11) is 0. The summed E-state index contributed by atoms with van der Waals surface area (Å²) < 4.78 is 0. The van der Waals surface area contributed by atoms with Crippen LogP contribution in [0.4, 0.5) is 11.4 Å². The van der Waals surface area contributed by atoms with Crippen LogP contribution in [0.3, 0.4) is 0 Å². The number of benzene rings is 2. The number of nitrogens with zero attached hydrogens (tertiary/aromatic N) is 2. The highest BCUT2D eigenvalue weighted by molar-refractivity contribution is 5.91. The van der Waals surface area contributed by atoms with Crippen molar-refractivity contribution in [2.45, 2.75) is 111 Å². The second kappa shape index (κ2) is 22.8. The highest BCUT2D eigenvalue weighted by atomic mass is 16.2. The van der Waals surface area contributed by atoms with Crippen LogP contribution < -0.4 is 10.6 Å². The van der Waals surface area contributed by atoms with Crippen molar-refractivity contribution in [3.05, 3.63) is 59.7 Å². The van der Waals surface area contributed by atoms with Gasteiger partial charge in [0.1, 0.15) is 0 Å². The Balaban J connectivity index is 1.82. The summed E-state index contributed by atoms with van der Waals surface area (Å²) in [6, 6.07) is 16.2. The molecule has 0 saturated heterocycles. The van der Waals surface area contributed by atoms with Crippen LogP contribution in [0, 0.1) is 0 Å². The maximum Gasteiger partial charge on any atom is 0.224 e. The molecule has 0 bridgehead atoms. The van der Waals surface area contributed by atoms with Crippen LogP contribution >= 0.6 is 0 Å². The molecular weight excluding hydrogens is 532 g/mol. The van der Waals surface area contributed by atoms with E-state index in [-0.39, 0.29) is 11.8 Å². The first-order valence-electron chi connectivity index (χ1n) is 17.2. The smallest absolute Gasteiger partial charge is 0.224 e. The molecular formula is C37H60N4O2. The Morgan fingerprint density at radius 1 is 0.535 bits per heavy atom. The summed E-state index contributed by atoms with van der Waals surface area (Å²) >= 11 is 0. The lowest BCUT2D eigenvalue weighted by Gasteiger charge is -2.21. The van der Waals surface area contributed by atoms with Gasteiger partial charge in [-0.25, -0.2) is 0 Å². The maximum atomic E-state index is 12.7. The lowest BCUT2D eigenvalue weighted by molar-refractivity contribution is -0.117.